The van der Waals surface area contributed by atoms with E-state index in [0.717, 1.165) is 5.56 Å². The van der Waals surface area contributed by atoms with Crippen molar-refractivity contribution in [3.63, 3.8) is 0 Å². The molecule has 0 aliphatic carbocycles. The lowest BCUT2D eigenvalue weighted by Crippen LogP contribution is -2.31. The predicted molar refractivity (Wildman–Crippen MR) is 99.6 cm³/mol. The highest BCUT2D eigenvalue weighted by molar-refractivity contribution is 6.30. The van der Waals surface area contributed by atoms with Crippen LogP contribution in [0.5, 0.6) is 0 Å². The van der Waals surface area contributed by atoms with E-state index in [0.29, 0.717) is 22.1 Å². The number of esters is 1. The fourth-order valence-electron chi connectivity index (χ4n) is 2.19. The molecule has 0 fully saturated rings. The molecule has 0 atom stereocenters. The number of halogens is 1. The van der Waals surface area contributed by atoms with E-state index >= 15 is 0 Å². The van der Waals surface area contributed by atoms with Crippen LogP contribution in [0.1, 0.15) is 46.0 Å². The van der Waals surface area contributed by atoms with Crippen LogP contribution in [0.3, 0.4) is 0 Å². The molecule has 26 heavy (non-hydrogen) atoms. The third-order valence-corrected chi connectivity index (χ3v) is 4.02. The van der Waals surface area contributed by atoms with Crippen molar-refractivity contribution in [3.8, 4) is 0 Å². The van der Waals surface area contributed by atoms with Crippen molar-refractivity contribution in [1.29, 1.82) is 0 Å². The fourth-order valence-corrected chi connectivity index (χ4v) is 2.32. The van der Waals surface area contributed by atoms with Crippen molar-refractivity contribution >= 4 is 29.3 Å². The Kier molecular flexibility index (Phi) is 6.92. The van der Waals surface area contributed by atoms with Crippen molar-refractivity contribution < 1.29 is 19.1 Å². The quantitative estimate of drug-likeness (QED) is 0.594. The van der Waals surface area contributed by atoms with Crippen LogP contribution < -0.4 is 5.32 Å². The highest BCUT2D eigenvalue weighted by Gasteiger charge is 2.12. The second-order valence-electron chi connectivity index (χ2n) is 6.05. The second-order valence-corrected chi connectivity index (χ2v) is 6.49. The Labute approximate surface area is 157 Å². The van der Waals surface area contributed by atoms with Crippen LogP contribution >= 0.6 is 11.6 Å². The lowest BCUT2D eigenvalue weighted by molar-refractivity contribution is -0.141. The number of benzene rings is 2. The molecule has 0 aliphatic rings. The zero-order valence-corrected chi connectivity index (χ0v) is 15.4. The molecule has 0 saturated heterocycles. The number of rotatable bonds is 7. The number of amides is 1. The maximum atomic E-state index is 12.0. The molecule has 2 rings (SSSR count). The van der Waals surface area contributed by atoms with E-state index < -0.39 is 11.9 Å². The smallest absolute Gasteiger partial charge is 0.325 e. The first-order valence-corrected chi connectivity index (χ1v) is 8.57. The molecule has 2 aromatic carbocycles. The van der Waals surface area contributed by atoms with Gasteiger partial charge in [-0.3, -0.25) is 14.4 Å². The number of ketones is 1. The minimum atomic E-state index is -0.681. The molecule has 0 heterocycles. The Balaban J connectivity index is 1.78. The molecule has 1 amide bonds. The molecule has 0 aromatic heterocycles. The minimum absolute atomic E-state index is 0.294. The maximum Gasteiger partial charge on any atom is 0.325 e. The van der Waals surface area contributed by atoms with Crippen LogP contribution in [0, 0.1) is 0 Å². The van der Waals surface area contributed by atoms with Gasteiger partial charge < -0.3 is 10.1 Å². The van der Waals surface area contributed by atoms with E-state index in [1.807, 2.05) is 12.1 Å². The standard InChI is InChI=1S/C20H20ClNO4/c1-13(2)14-3-5-15(6-4-14)18(23)12-26-19(24)11-22-20(25)16-7-9-17(21)10-8-16/h3-10,13H,11-12H2,1-2H3,(H,22,25). The van der Waals surface area contributed by atoms with E-state index in [2.05, 4.69) is 19.2 Å². The highest BCUT2D eigenvalue weighted by atomic mass is 35.5. The average Bonchev–Trinajstić information content (AvgIpc) is 2.64. The number of carbonyl (C=O) groups is 3. The lowest BCUT2D eigenvalue weighted by atomic mass is 10.0. The summed E-state index contributed by atoms with van der Waals surface area (Å²) in [6.07, 6.45) is 0. The molecule has 0 aliphatic heterocycles. The Morgan fingerprint density at radius 1 is 0.962 bits per heavy atom. The molecule has 0 radical (unpaired) electrons. The number of hydrogen-bond acceptors (Lipinski definition) is 4. The Hall–Kier alpha value is -2.66. The molecule has 6 heteroatoms. The maximum absolute atomic E-state index is 12.0. The van der Waals surface area contributed by atoms with E-state index in [4.69, 9.17) is 16.3 Å². The molecular formula is C20H20ClNO4. The van der Waals surface area contributed by atoms with Gasteiger partial charge in [-0.2, -0.15) is 0 Å². The monoisotopic (exact) mass is 373 g/mol. The summed E-state index contributed by atoms with van der Waals surface area (Å²) in [6.45, 7) is 3.45. The van der Waals surface area contributed by atoms with Gasteiger partial charge in [0.05, 0.1) is 0 Å². The van der Waals surface area contributed by atoms with Crippen molar-refractivity contribution in [2.45, 2.75) is 19.8 Å². The molecule has 1 N–H and O–H groups in total. The van der Waals surface area contributed by atoms with Gasteiger partial charge in [0.1, 0.15) is 6.54 Å². The van der Waals surface area contributed by atoms with E-state index in [1.54, 1.807) is 36.4 Å². The van der Waals surface area contributed by atoms with Crippen LogP contribution in [-0.2, 0) is 9.53 Å². The molecule has 5 nitrogen and oxygen atoms in total. The topological polar surface area (TPSA) is 72.5 Å². The Morgan fingerprint density at radius 3 is 2.12 bits per heavy atom. The van der Waals surface area contributed by atoms with Crippen LogP contribution in [0.15, 0.2) is 48.5 Å². The summed E-state index contributed by atoms with van der Waals surface area (Å²) in [6, 6.07) is 13.5. The zero-order chi connectivity index (χ0) is 19.1. The second kappa shape index (κ2) is 9.15. The number of Topliss-reactive ketones (excluding diaryl/α,β-unsaturated/α-hetero) is 1. The van der Waals surface area contributed by atoms with Crippen LogP contribution in [0.2, 0.25) is 5.02 Å². The predicted octanol–water partition coefficient (Wildman–Crippen LogP) is 3.62. The lowest BCUT2D eigenvalue weighted by Gasteiger charge is -2.08. The third-order valence-electron chi connectivity index (χ3n) is 3.76. The first-order chi connectivity index (χ1) is 12.4. The SMILES string of the molecule is CC(C)c1ccc(C(=O)COC(=O)CNC(=O)c2ccc(Cl)cc2)cc1. The minimum Gasteiger partial charge on any atom is -0.456 e. The molecule has 136 valence electrons. The summed E-state index contributed by atoms with van der Waals surface area (Å²) in [5, 5.41) is 2.95. The van der Waals surface area contributed by atoms with Gasteiger partial charge in [0.25, 0.3) is 5.91 Å². The summed E-state index contributed by atoms with van der Waals surface area (Å²) in [5.41, 5.74) is 1.99. The van der Waals surface area contributed by atoms with Gasteiger partial charge in [0.2, 0.25) is 0 Å². The molecule has 0 saturated carbocycles. The van der Waals surface area contributed by atoms with Gasteiger partial charge in [-0.1, -0.05) is 49.7 Å². The third kappa shape index (κ3) is 5.70. The molecule has 2 aromatic rings. The van der Waals surface area contributed by atoms with Gasteiger partial charge in [-0.05, 0) is 35.7 Å². The summed E-state index contributed by atoms with van der Waals surface area (Å²) >= 11 is 5.75. The van der Waals surface area contributed by atoms with Crippen molar-refractivity contribution in [1.82, 2.24) is 5.32 Å². The molecule has 0 unspecified atom stereocenters. The summed E-state index contributed by atoms with van der Waals surface area (Å²) in [5.74, 6) is -1.02. The number of ether oxygens (including phenoxy) is 1. The van der Waals surface area contributed by atoms with Gasteiger partial charge in [-0.25, -0.2) is 0 Å². The van der Waals surface area contributed by atoms with Crippen LogP contribution in [-0.4, -0.2) is 30.8 Å². The Morgan fingerprint density at radius 2 is 1.54 bits per heavy atom. The number of nitrogens with one attached hydrogen (secondary N) is 1. The van der Waals surface area contributed by atoms with Gasteiger partial charge >= 0.3 is 5.97 Å². The van der Waals surface area contributed by atoms with Gasteiger partial charge in [0.15, 0.2) is 12.4 Å². The largest absolute Gasteiger partial charge is 0.456 e. The molecular weight excluding hydrogens is 354 g/mol. The first kappa shape index (κ1) is 19.7. The normalized spacial score (nSPS) is 10.5. The summed E-state index contributed by atoms with van der Waals surface area (Å²) in [4.78, 5) is 35.6. The van der Waals surface area contributed by atoms with Crippen molar-refractivity contribution in [2.75, 3.05) is 13.2 Å². The Bertz CT molecular complexity index is 782. The van der Waals surface area contributed by atoms with Crippen LogP contribution in [0.25, 0.3) is 0 Å². The molecule has 0 spiro atoms. The van der Waals surface area contributed by atoms with Gasteiger partial charge in [-0.15, -0.1) is 0 Å². The zero-order valence-electron chi connectivity index (χ0n) is 14.6. The molecule has 0 bridgehead atoms. The summed E-state index contributed by atoms with van der Waals surface area (Å²) < 4.78 is 4.92. The van der Waals surface area contributed by atoms with Crippen molar-refractivity contribution in [2.24, 2.45) is 0 Å². The van der Waals surface area contributed by atoms with E-state index in [1.165, 1.54) is 0 Å². The highest BCUT2D eigenvalue weighted by Crippen LogP contribution is 2.15. The van der Waals surface area contributed by atoms with Gasteiger partial charge in [0, 0.05) is 16.1 Å². The van der Waals surface area contributed by atoms with Crippen LogP contribution in [0.4, 0.5) is 0 Å². The summed E-state index contributed by atoms with van der Waals surface area (Å²) in [7, 11) is 0. The first-order valence-electron chi connectivity index (χ1n) is 8.19. The van der Waals surface area contributed by atoms with Crippen molar-refractivity contribution in [3.05, 3.63) is 70.2 Å². The fraction of sp³-hybridized carbons (Fsp3) is 0.250. The number of hydrogen-bond donors (Lipinski definition) is 1. The average molecular weight is 374 g/mol. The van der Waals surface area contributed by atoms with E-state index in [9.17, 15) is 14.4 Å². The van der Waals surface area contributed by atoms with E-state index in [-0.39, 0.29) is 18.9 Å². The number of carbonyl (C=O) groups excluding carboxylic acids is 3.